The molecule has 1 amide bonds. The van der Waals surface area contributed by atoms with Crippen molar-refractivity contribution in [3.8, 4) is 17.3 Å². The number of piperidine rings is 1. The number of hydrogen-bond donors (Lipinski definition) is 0. The van der Waals surface area contributed by atoms with Crippen LogP contribution in [0.3, 0.4) is 0 Å². The second-order valence-electron chi connectivity index (χ2n) is 10.2. The lowest BCUT2D eigenvalue weighted by atomic mass is 9.99. The van der Waals surface area contributed by atoms with Crippen molar-refractivity contribution in [1.82, 2.24) is 19.9 Å². The molecule has 0 radical (unpaired) electrons. The first kappa shape index (κ1) is 22.5. The Balaban J connectivity index is 1.57. The summed E-state index contributed by atoms with van der Waals surface area (Å²) in [6.45, 7) is 9.12. The summed E-state index contributed by atoms with van der Waals surface area (Å²) in [5.74, 6) is 2.40. The van der Waals surface area contributed by atoms with Gasteiger partial charge in [-0.15, -0.1) is 0 Å². The second kappa shape index (κ2) is 9.43. The van der Waals surface area contributed by atoms with E-state index in [-0.39, 0.29) is 11.3 Å². The van der Waals surface area contributed by atoms with Crippen LogP contribution in [0.5, 0.6) is 5.75 Å². The minimum absolute atomic E-state index is 0.0737. The molecule has 2 aromatic heterocycles. The van der Waals surface area contributed by atoms with Gasteiger partial charge in [0.25, 0.3) is 0 Å². The van der Waals surface area contributed by atoms with Gasteiger partial charge in [0.2, 0.25) is 5.91 Å². The average molecular weight is 438 g/mol. The average Bonchev–Trinajstić information content (AvgIpc) is 3.26. The molecule has 1 aliphatic carbocycles. The molecular formula is C25H35N5O2. The van der Waals surface area contributed by atoms with Gasteiger partial charge in [0.15, 0.2) is 5.82 Å². The molecule has 7 heteroatoms. The molecule has 32 heavy (non-hydrogen) atoms. The number of carbonyl (C=O) groups is 1. The fraction of sp³-hybridized carbons (Fsp3) is 0.600. The quantitative estimate of drug-likeness (QED) is 0.683. The summed E-state index contributed by atoms with van der Waals surface area (Å²) in [5, 5.41) is 0. The van der Waals surface area contributed by atoms with E-state index in [0.717, 1.165) is 62.5 Å². The zero-order valence-corrected chi connectivity index (χ0v) is 19.9. The van der Waals surface area contributed by atoms with Crippen LogP contribution in [0.1, 0.15) is 57.7 Å². The van der Waals surface area contributed by atoms with Gasteiger partial charge in [-0.25, -0.2) is 9.97 Å². The number of fused-ring (bicyclic) bond motifs is 1. The summed E-state index contributed by atoms with van der Waals surface area (Å²) < 4.78 is 5.97. The Hall–Kier alpha value is -2.70. The Labute approximate surface area is 191 Å². The van der Waals surface area contributed by atoms with Gasteiger partial charge in [-0.3, -0.25) is 9.78 Å². The van der Waals surface area contributed by atoms with Crippen LogP contribution in [0.2, 0.25) is 0 Å². The molecule has 0 saturated carbocycles. The highest BCUT2D eigenvalue weighted by Crippen LogP contribution is 2.31. The van der Waals surface area contributed by atoms with E-state index in [1.807, 2.05) is 29.0 Å². The molecule has 1 saturated heterocycles. The molecular weight excluding hydrogens is 402 g/mol. The van der Waals surface area contributed by atoms with E-state index in [1.54, 1.807) is 6.20 Å². The second-order valence-corrected chi connectivity index (χ2v) is 10.2. The summed E-state index contributed by atoms with van der Waals surface area (Å²) in [7, 11) is 1.96. The van der Waals surface area contributed by atoms with Crippen LogP contribution in [-0.4, -0.2) is 59.0 Å². The van der Waals surface area contributed by atoms with E-state index >= 15 is 0 Å². The number of amides is 1. The van der Waals surface area contributed by atoms with Crippen molar-refractivity contribution in [1.29, 1.82) is 0 Å². The van der Waals surface area contributed by atoms with Crippen LogP contribution in [0.4, 0.5) is 5.82 Å². The summed E-state index contributed by atoms with van der Waals surface area (Å²) >= 11 is 0. The maximum Gasteiger partial charge on any atom is 0.242 e. The fourth-order valence-corrected chi connectivity index (χ4v) is 4.29. The van der Waals surface area contributed by atoms with E-state index in [2.05, 4.69) is 25.8 Å². The Morgan fingerprint density at radius 3 is 2.66 bits per heavy atom. The van der Waals surface area contributed by atoms with Gasteiger partial charge in [0, 0.05) is 43.7 Å². The van der Waals surface area contributed by atoms with Gasteiger partial charge in [-0.05, 0) is 50.0 Å². The van der Waals surface area contributed by atoms with Gasteiger partial charge >= 0.3 is 0 Å². The number of anilines is 1. The van der Waals surface area contributed by atoms with E-state index in [1.165, 1.54) is 12.0 Å². The van der Waals surface area contributed by atoms with E-state index in [0.29, 0.717) is 24.7 Å². The Bertz CT molecular complexity index is 963. The molecule has 0 atom stereocenters. The van der Waals surface area contributed by atoms with Crippen molar-refractivity contribution in [3.05, 3.63) is 29.6 Å². The van der Waals surface area contributed by atoms with E-state index < -0.39 is 0 Å². The molecule has 1 fully saturated rings. The first-order valence-corrected chi connectivity index (χ1v) is 11.8. The number of pyridine rings is 1. The molecule has 172 valence electrons. The van der Waals surface area contributed by atoms with Crippen molar-refractivity contribution in [2.24, 2.45) is 5.41 Å². The zero-order chi connectivity index (χ0) is 22.7. The minimum atomic E-state index is 0.0737. The first-order chi connectivity index (χ1) is 15.3. The summed E-state index contributed by atoms with van der Waals surface area (Å²) in [6, 6.07) is 3.78. The molecule has 7 nitrogen and oxygen atoms in total. The molecule has 0 N–H and O–H groups in total. The smallest absolute Gasteiger partial charge is 0.242 e. The normalized spacial score (nSPS) is 16.1. The first-order valence-electron chi connectivity index (χ1n) is 11.8. The van der Waals surface area contributed by atoms with Crippen LogP contribution in [0.15, 0.2) is 18.3 Å². The number of carbonyl (C=O) groups excluding carboxylic acids is 1. The highest BCUT2D eigenvalue weighted by Gasteiger charge is 2.25. The van der Waals surface area contributed by atoms with Crippen LogP contribution in [0.25, 0.3) is 11.5 Å². The third-order valence-corrected chi connectivity index (χ3v) is 5.99. The van der Waals surface area contributed by atoms with Crippen LogP contribution in [-0.2, 0) is 17.6 Å². The van der Waals surface area contributed by atoms with Gasteiger partial charge in [0.05, 0.1) is 13.2 Å². The lowest BCUT2D eigenvalue weighted by Gasteiger charge is -2.29. The monoisotopic (exact) mass is 437 g/mol. The number of rotatable bonds is 6. The Morgan fingerprint density at radius 1 is 1.12 bits per heavy atom. The SMILES string of the molecule is CN(CC(=O)N1CCCCC1)c1nc(-c2cc(OCC(C)(C)C)ccn2)nc2c1CCC2. The molecule has 3 heterocycles. The van der Waals surface area contributed by atoms with Gasteiger partial charge < -0.3 is 14.5 Å². The number of likely N-dealkylation sites (N-methyl/N-ethyl adjacent to an activating group) is 1. The van der Waals surface area contributed by atoms with Crippen molar-refractivity contribution >= 4 is 11.7 Å². The number of nitrogens with zero attached hydrogens (tertiary/aromatic N) is 5. The largest absolute Gasteiger partial charge is 0.493 e. The third-order valence-electron chi connectivity index (χ3n) is 5.99. The van der Waals surface area contributed by atoms with Gasteiger partial charge in [-0.1, -0.05) is 20.8 Å². The lowest BCUT2D eigenvalue weighted by Crippen LogP contribution is -2.42. The Morgan fingerprint density at radius 2 is 1.91 bits per heavy atom. The van der Waals surface area contributed by atoms with E-state index in [4.69, 9.17) is 14.7 Å². The molecule has 0 spiro atoms. The number of aromatic nitrogens is 3. The van der Waals surface area contributed by atoms with Crippen molar-refractivity contribution in [2.45, 2.75) is 59.3 Å². The van der Waals surface area contributed by atoms with Crippen LogP contribution < -0.4 is 9.64 Å². The zero-order valence-electron chi connectivity index (χ0n) is 19.9. The molecule has 2 aromatic rings. The predicted octanol–water partition coefficient (Wildman–Crippen LogP) is 3.90. The van der Waals surface area contributed by atoms with E-state index in [9.17, 15) is 4.79 Å². The minimum Gasteiger partial charge on any atom is -0.493 e. The summed E-state index contributed by atoms with van der Waals surface area (Å²) in [6.07, 6.45) is 8.11. The summed E-state index contributed by atoms with van der Waals surface area (Å²) in [4.78, 5) is 31.1. The fourth-order valence-electron chi connectivity index (χ4n) is 4.29. The highest BCUT2D eigenvalue weighted by molar-refractivity contribution is 5.81. The maximum atomic E-state index is 12.8. The molecule has 1 aliphatic heterocycles. The predicted molar refractivity (Wildman–Crippen MR) is 126 cm³/mol. The van der Waals surface area contributed by atoms with Crippen LogP contribution >= 0.6 is 0 Å². The third kappa shape index (κ3) is 5.37. The molecule has 4 rings (SSSR count). The maximum absolute atomic E-state index is 12.8. The number of likely N-dealkylation sites (tertiary alicyclic amines) is 1. The molecule has 2 aliphatic rings. The van der Waals surface area contributed by atoms with Gasteiger partial charge in [0.1, 0.15) is 17.3 Å². The topological polar surface area (TPSA) is 71.5 Å². The van der Waals surface area contributed by atoms with Crippen molar-refractivity contribution < 1.29 is 9.53 Å². The highest BCUT2D eigenvalue weighted by atomic mass is 16.5. The molecule has 0 unspecified atom stereocenters. The molecule has 0 aromatic carbocycles. The summed E-state index contributed by atoms with van der Waals surface area (Å²) in [5.41, 5.74) is 3.01. The van der Waals surface area contributed by atoms with Crippen molar-refractivity contribution in [3.63, 3.8) is 0 Å². The Kier molecular flexibility index (Phi) is 6.63. The van der Waals surface area contributed by atoms with Crippen molar-refractivity contribution in [2.75, 3.05) is 38.2 Å². The number of hydrogen-bond acceptors (Lipinski definition) is 6. The lowest BCUT2D eigenvalue weighted by molar-refractivity contribution is -0.130. The standard InChI is InChI=1S/C25H35N5O2/c1-25(2,3)17-32-18-11-12-26-21(15-18)23-27-20-10-8-9-19(20)24(28-23)29(4)16-22(31)30-13-6-5-7-14-30/h11-12,15H,5-10,13-14,16-17H2,1-4H3. The molecule has 0 bridgehead atoms. The number of aryl methyl sites for hydroxylation is 1. The van der Waals surface area contributed by atoms with Crippen LogP contribution in [0, 0.1) is 5.41 Å². The number of ether oxygens (including phenoxy) is 1. The van der Waals surface area contributed by atoms with Gasteiger partial charge in [-0.2, -0.15) is 0 Å².